The lowest BCUT2D eigenvalue weighted by molar-refractivity contribution is 0.390. The maximum absolute atomic E-state index is 6.18. The van der Waals surface area contributed by atoms with Gasteiger partial charge in [0.1, 0.15) is 0 Å². The molecule has 0 aliphatic heterocycles. The van der Waals surface area contributed by atoms with Crippen molar-refractivity contribution in [3.63, 3.8) is 0 Å². The summed E-state index contributed by atoms with van der Waals surface area (Å²) in [5.74, 6) is 0. The number of nitrogens with zero attached hydrogens (tertiary/aromatic N) is 1. The number of aromatic nitrogens is 1. The van der Waals surface area contributed by atoms with E-state index in [1.165, 1.54) is 0 Å². The normalized spacial score (nSPS) is 11.7. The topological polar surface area (TPSA) is 50.9 Å². The number of hydrogen-bond donors (Lipinski definition) is 2. The molecule has 0 aliphatic rings. The van der Waals surface area contributed by atoms with Gasteiger partial charge >= 0.3 is 0 Å². The number of pyridine rings is 1. The third kappa shape index (κ3) is 2.92. The second-order valence-corrected chi connectivity index (χ2v) is 5.86. The molecule has 0 saturated carbocycles. The molecule has 3 N–H and O–H groups in total. The smallest absolute Gasteiger partial charge is 0.0630 e. The molecule has 1 heterocycles. The van der Waals surface area contributed by atoms with Crippen LogP contribution >= 0.6 is 0 Å². The molecule has 1 aromatic carbocycles. The Kier molecular flexibility index (Phi) is 3.41. The molecule has 0 radical (unpaired) electrons. The van der Waals surface area contributed by atoms with Gasteiger partial charge in [-0.1, -0.05) is 26.8 Å². The Labute approximate surface area is 108 Å². The van der Waals surface area contributed by atoms with Crippen LogP contribution in [0, 0.1) is 5.41 Å². The van der Waals surface area contributed by atoms with E-state index < -0.39 is 0 Å². The van der Waals surface area contributed by atoms with Crippen LogP contribution in [0.3, 0.4) is 0 Å². The van der Waals surface area contributed by atoms with Crippen molar-refractivity contribution < 1.29 is 0 Å². The Morgan fingerprint density at radius 3 is 2.72 bits per heavy atom. The molecule has 0 unspecified atom stereocenters. The number of hydrogen-bond acceptors (Lipinski definition) is 3. The molecule has 18 heavy (non-hydrogen) atoms. The quantitative estimate of drug-likeness (QED) is 0.809. The fraction of sp³-hybridized carbons (Fsp3) is 0.400. The van der Waals surface area contributed by atoms with Gasteiger partial charge in [0, 0.05) is 29.7 Å². The number of nitrogen functional groups attached to an aromatic ring is 1. The van der Waals surface area contributed by atoms with Crippen molar-refractivity contribution in [2.75, 3.05) is 17.6 Å². The van der Waals surface area contributed by atoms with E-state index in [0.29, 0.717) is 5.41 Å². The summed E-state index contributed by atoms with van der Waals surface area (Å²) in [4.78, 5) is 4.10. The van der Waals surface area contributed by atoms with Crippen molar-refractivity contribution in [1.82, 2.24) is 4.98 Å². The lowest BCUT2D eigenvalue weighted by Gasteiger charge is -2.19. The zero-order chi connectivity index (χ0) is 13.2. The Bertz CT molecular complexity index is 541. The van der Waals surface area contributed by atoms with Gasteiger partial charge in [-0.15, -0.1) is 0 Å². The third-order valence-corrected chi connectivity index (χ3v) is 3.05. The van der Waals surface area contributed by atoms with Gasteiger partial charge in [0.15, 0.2) is 0 Å². The lowest BCUT2D eigenvalue weighted by Crippen LogP contribution is -2.13. The highest BCUT2D eigenvalue weighted by Crippen LogP contribution is 2.28. The minimum Gasteiger partial charge on any atom is -0.397 e. The summed E-state index contributed by atoms with van der Waals surface area (Å²) in [7, 11) is 0. The molecule has 3 heteroatoms. The molecular weight excluding hydrogens is 222 g/mol. The van der Waals surface area contributed by atoms with Crippen LogP contribution in [0.25, 0.3) is 10.8 Å². The van der Waals surface area contributed by atoms with Gasteiger partial charge in [0.2, 0.25) is 0 Å². The van der Waals surface area contributed by atoms with E-state index in [1.807, 2.05) is 18.3 Å². The number of benzene rings is 1. The summed E-state index contributed by atoms with van der Waals surface area (Å²) in [6, 6.07) is 6.04. The van der Waals surface area contributed by atoms with Gasteiger partial charge < -0.3 is 11.1 Å². The van der Waals surface area contributed by atoms with Crippen LogP contribution in [0.5, 0.6) is 0 Å². The van der Waals surface area contributed by atoms with E-state index in [1.54, 1.807) is 6.20 Å². The summed E-state index contributed by atoms with van der Waals surface area (Å²) in [5.41, 5.74) is 8.34. The maximum Gasteiger partial charge on any atom is 0.0630 e. The van der Waals surface area contributed by atoms with Crippen LogP contribution in [0.2, 0.25) is 0 Å². The van der Waals surface area contributed by atoms with Crippen LogP contribution < -0.4 is 11.1 Å². The molecule has 2 rings (SSSR count). The van der Waals surface area contributed by atoms with Gasteiger partial charge in [-0.25, -0.2) is 0 Å². The predicted octanol–water partition coefficient (Wildman–Crippen LogP) is 3.67. The molecular formula is C15H21N3. The van der Waals surface area contributed by atoms with Crippen molar-refractivity contribution in [3.05, 3.63) is 30.6 Å². The van der Waals surface area contributed by atoms with Crippen LogP contribution in [0.1, 0.15) is 27.2 Å². The second kappa shape index (κ2) is 4.84. The number of fused-ring (bicyclic) bond motifs is 1. The third-order valence-electron chi connectivity index (χ3n) is 3.05. The largest absolute Gasteiger partial charge is 0.397 e. The molecule has 2 aromatic rings. The highest BCUT2D eigenvalue weighted by Gasteiger charge is 2.10. The minimum absolute atomic E-state index is 0.336. The summed E-state index contributed by atoms with van der Waals surface area (Å²) >= 11 is 0. The minimum atomic E-state index is 0.336. The average Bonchev–Trinajstić information content (AvgIpc) is 2.31. The van der Waals surface area contributed by atoms with E-state index >= 15 is 0 Å². The first-order valence-electron chi connectivity index (χ1n) is 6.33. The number of anilines is 2. The first kappa shape index (κ1) is 12.7. The Hall–Kier alpha value is -1.77. The van der Waals surface area contributed by atoms with Crippen molar-refractivity contribution in [1.29, 1.82) is 0 Å². The average molecular weight is 243 g/mol. The maximum atomic E-state index is 6.18. The Morgan fingerprint density at radius 2 is 2.00 bits per heavy atom. The number of nitrogens with two attached hydrogens (primary N) is 1. The fourth-order valence-electron chi connectivity index (χ4n) is 1.92. The van der Waals surface area contributed by atoms with Crippen molar-refractivity contribution in [2.24, 2.45) is 5.41 Å². The summed E-state index contributed by atoms with van der Waals surface area (Å²) in [6.45, 7) is 7.66. The fourth-order valence-corrected chi connectivity index (χ4v) is 1.92. The predicted molar refractivity (Wildman–Crippen MR) is 78.7 cm³/mol. The van der Waals surface area contributed by atoms with Crippen molar-refractivity contribution in [3.8, 4) is 0 Å². The van der Waals surface area contributed by atoms with E-state index in [-0.39, 0.29) is 0 Å². The molecule has 1 aromatic heterocycles. The number of rotatable bonds is 3. The van der Waals surface area contributed by atoms with Gasteiger partial charge in [-0.3, -0.25) is 4.98 Å². The standard InChI is InChI=1S/C15H21N3/c1-15(2,3)7-9-18-13-5-4-11-10-17-8-6-12(11)14(13)16/h4-6,8,10,18H,7,9,16H2,1-3H3. The Morgan fingerprint density at radius 1 is 1.22 bits per heavy atom. The SMILES string of the molecule is CC(C)(C)CCNc1ccc2cnccc2c1N. The van der Waals surface area contributed by atoms with Crippen LogP contribution in [-0.2, 0) is 0 Å². The van der Waals surface area contributed by atoms with Crippen molar-refractivity contribution in [2.45, 2.75) is 27.2 Å². The molecule has 3 nitrogen and oxygen atoms in total. The van der Waals surface area contributed by atoms with Crippen molar-refractivity contribution >= 4 is 22.1 Å². The van der Waals surface area contributed by atoms with Crippen LogP contribution in [0.4, 0.5) is 11.4 Å². The molecule has 0 bridgehead atoms. The van der Waals surface area contributed by atoms with E-state index in [2.05, 4.69) is 37.1 Å². The van der Waals surface area contributed by atoms with Crippen LogP contribution in [0.15, 0.2) is 30.6 Å². The van der Waals surface area contributed by atoms with E-state index in [9.17, 15) is 0 Å². The second-order valence-electron chi connectivity index (χ2n) is 5.86. The summed E-state index contributed by atoms with van der Waals surface area (Å²) < 4.78 is 0. The zero-order valence-electron chi connectivity index (χ0n) is 11.3. The van der Waals surface area contributed by atoms with Gasteiger partial charge in [0.25, 0.3) is 0 Å². The van der Waals surface area contributed by atoms with E-state index in [0.717, 1.165) is 35.1 Å². The van der Waals surface area contributed by atoms with Gasteiger partial charge in [-0.05, 0) is 24.0 Å². The highest BCUT2D eigenvalue weighted by atomic mass is 14.9. The van der Waals surface area contributed by atoms with Gasteiger partial charge in [0.05, 0.1) is 11.4 Å². The zero-order valence-corrected chi connectivity index (χ0v) is 11.3. The molecule has 0 atom stereocenters. The highest BCUT2D eigenvalue weighted by molar-refractivity contribution is 5.98. The Balaban J connectivity index is 2.17. The molecule has 0 amide bonds. The van der Waals surface area contributed by atoms with Crippen LogP contribution in [-0.4, -0.2) is 11.5 Å². The summed E-state index contributed by atoms with van der Waals surface area (Å²) in [6.07, 6.45) is 4.73. The first-order valence-corrected chi connectivity index (χ1v) is 6.33. The van der Waals surface area contributed by atoms with E-state index in [4.69, 9.17) is 5.73 Å². The monoisotopic (exact) mass is 243 g/mol. The molecule has 0 spiro atoms. The molecule has 0 saturated heterocycles. The van der Waals surface area contributed by atoms with Gasteiger partial charge in [-0.2, -0.15) is 0 Å². The first-order chi connectivity index (χ1) is 8.47. The molecule has 0 aliphatic carbocycles. The molecule has 0 fully saturated rings. The molecule has 96 valence electrons. The lowest BCUT2D eigenvalue weighted by atomic mass is 9.92. The summed E-state index contributed by atoms with van der Waals surface area (Å²) in [5, 5.41) is 5.56. The number of nitrogens with one attached hydrogen (secondary N) is 1.